The molecule has 1 saturated heterocycles. The molecule has 134 valence electrons. The molecule has 1 spiro atoms. The highest BCUT2D eigenvalue weighted by Gasteiger charge is 2.52. The van der Waals surface area contributed by atoms with Gasteiger partial charge in [-0.25, -0.2) is 4.79 Å². The average Bonchev–Trinajstić information content (AvgIpc) is 2.83. The quantitative estimate of drug-likeness (QED) is 0.786. The minimum Gasteiger partial charge on any atom is -0.354 e. The molecule has 0 radical (unpaired) electrons. The number of pyridine rings is 1. The van der Waals surface area contributed by atoms with Gasteiger partial charge in [-0.3, -0.25) is 19.5 Å². The van der Waals surface area contributed by atoms with Gasteiger partial charge in [-0.05, 0) is 43.7 Å². The highest BCUT2D eigenvalue weighted by Crippen LogP contribution is 2.36. The van der Waals surface area contributed by atoms with Crippen LogP contribution in [0.1, 0.15) is 38.3 Å². The Morgan fingerprint density at radius 3 is 2.80 bits per heavy atom. The fourth-order valence-electron chi connectivity index (χ4n) is 3.49. The Hall–Kier alpha value is -2.44. The molecule has 0 atom stereocenters. The third kappa shape index (κ3) is 3.81. The summed E-state index contributed by atoms with van der Waals surface area (Å²) >= 11 is 0. The molecule has 2 N–H and O–H groups in total. The fourth-order valence-corrected chi connectivity index (χ4v) is 3.49. The summed E-state index contributed by atoms with van der Waals surface area (Å²) in [6.45, 7) is 2.34. The van der Waals surface area contributed by atoms with E-state index in [2.05, 4.69) is 22.5 Å². The summed E-state index contributed by atoms with van der Waals surface area (Å²) in [7, 11) is 0. The van der Waals surface area contributed by atoms with Crippen molar-refractivity contribution in [1.29, 1.82) is 0 Å². The van der Waals surface area contributed by atoms with Gasteiger partial charge in [0, 0.05) is 24.9 Å². The molecule has 7 heteroatoms. The van der Waals surface area contributed by atoms with Gasteiger partial charge in [0.25, 0.3) is 5.91 Å². The van der Waals surface area contributed by atoms with Crippen LogP contribution in [-0.2, 0) is 16.0 Å². The first-order valence-corrected chi connectivity index (χ1v) is 8.81. The third-order valence-corrected chi connectivity index (χ3v) is 5.10. The van der Waals surface area contributed by atoms with Gasteiger partial charge in [-0.2, -0.15) is 0 Å². The summed E-state index contributed by atoms with van der Waals surface area (Å²) in [5, 5.41) is 5.57. The number of imide groups is 1. The predicted octanol–water partition coefficient (Wildman–Crippen LogP) is 1.24. The molecule has 1 aromatic heterocycles. The molecule has 0 unspecified atom stereocenters. The fraction of sp³-hybridized carbons (Fsp3) is 0.556. The second-order valence-electron chi connectivity index (χ2n) is 7.01. The molecule has 1 aromatic rings. The van der Waals surface area contributed by atoms with Crippen molar-refractivity contribution in [2.75, 3.05) is 13.1 Å². The lowest BCUT2D eigenvalue weighted by molar-refractivity contribution is -0.136. The zero-order valence-electron chi connectivity index (χ0n) is 14.5. The molecule has 1 saturated carbocycles. The van der Waals surface area contributed by atoms with Crippen LogP contribution >= 0.6 is 0 Å². The van der Waals surface area contributed by atoms with Crippen molar-refractivity contribution in [3.8, 4) is 0 Å². The van der Waals surface area contributed by atoms with Gasteiger partial charge in [0.05, 0.1) is 0 Å². The second kappa shape index (κ2) is 7.21. The van der Waals surface area contributed by atoms with E-state index in [1.54, 1.807) is 6.20 Å². The van der Waals surface area contributed by atoms with E-state index in [-0.39, 0.29) is 18.4 Å². The number of aromatic nitrogens is 1. The Morgan fingerprint density at radius 1 is 1.36 bits per heavy atom. The van der Waals surface area contributed by atoms with Crippen LogP contribution < -0.4 is 10.6 Å². The van der Waals surface area contributed by atoms with Gasteiger partial charge >= 0.3 is 6.03 Å². The van der Waals surface area contributed by atoms with Crippen molar-refractivity contribution in [2.45, 2.75) is 44.6 Å². The first-order chi connectivity index (χ1) is 12.0. The van der Waals surface area contributed by atoms with E-state index in [1.807, 2.05) is 18.2 Å². The van der Waals surface area contributed by atoms with Crippen LogP contribution in [0.15, 0.2) is 24.4 Å². The molecule has 0 bridgehead atoms. The van der Waals surface area contributed by atoms with Gasteiger partial charge in [0.15, 0.2) is 0 Å². The zero-order valence-corrected chi connectivity index (χ0v) is 14.5. The number of rotatable bonds is 5. The van der Waals surface area contributed by atoms with Gasteiger partial charge in [-0.1, -0.05) is 13.0 Å². The third-order valence-electron chi connectivity index (χ3n) is 5.10. The van der Waals surface area contributed by atoms with Crippen LogP contribution in [0.3, 0.4) is 0 Å². The minimum atomic E-state index is -0.794. The topological polar surface area (TPSA) is 91.4 Å². The molecule has 1 aliphatic carbocycles. The molecule has 2 heterocycles. The maximum absolute atomic E-state index is 12.7. The summed E-state index contributed by atoms with van der Waals surface area (Å²) in [5.74, 6) is -0.0239. The van der Waals surface area contributed by atoms with E-state index >= 15 is 0 Å². The van der Waals surface area contributed by atoms with E-state index in [4.69, 9.17) is 0 Å². The largest absolute Gasteiger partial charge is 0.354 e. The normalized spacial score (nSPS) is 26.0. The van der Waals surface area contributed by atoms with Crippen LogP contribution in [0.4, 0.5) is 4.79 Å². The maximum atomic E-state index is 12.7. The molecule has 2 fully saturated rings. The smallest absolute Gasteiger partial charge is 0.325 e. The summed E-state index contributed by atoms with van der Waals surface area (Å²) in [5.41, 5.74) is 0.0887. The van der Waals surface area contributed by atoms with Crippen molar-refractivity contribution in [1.82, 2.24) is 20.5 Å². The number of hydrogen-bond donors (Lipinski definition) is 2. The number of nitrogens with zero attached hydrogens (tertiary/aromatic N) is 2. The molecule has 4 amide bonds. The number of hydrogen-bond acceptors (Lipinski definition) is 4. The van der Waals surface area contributed by atoms with Crippen molar-refractivity contribution in [3.63, 3.8) is 0 Å². The molecule has 25 heavy (non-hydrogen) atoms. The monoisotopic (exact) mass is 344 g/mol. The van der Waals surface area contributed by atoms with E-state index in [9.17, 15) is 14.4 Å². The summed E-state index contributed by atoms with van der Waals surface area (Å²) < 4.78 is 0. The first-order valence-electron chi connectivity index (χ1n) is 8.81. The van der Waals surface area contributed by atoms with Crippen LogP contribution in [0.2, 0.25) is 0 Å². The standard InChI is InChI=1S/C18H24N4O3/c1-13-5-8-18(9-6-13)16(24)22(17(25)21-18)12-15(23)20-11-7-14-4-2-3-10-19-14/h2-4,10,13H,5-9,11-12H2,1H3,(H,20,23)(H,21,25). The minimum absolute atomic E-state index is 0.232. The predicted molar refractivity (Wildman–Crippen MR) is 91.6 cm³/mol. The van der Waals surface area contributed by atoms with Gasteiger partial charge in [0.2, 0.25) is 5.91 Å². The van der Waals surface area contributed by atoms with Crippen LogP contribution in [0, 0.1) is 5.92 Å². The Balaban J connectivity index is 1.51. The lowest BCUT2D eigenvalue weighted by Gasteiger charge is -2.33. The molecule has 2 aliphatic rings. The summed E-state index contributed by atoms with van der Waals surface area (Å²) in [6.07, 6.45) is 5.43. The summed E-state index contributed by atoms with van der Waals surface area (Å²) in [4.78, 5) is 42.2. The average molecular weight is 344 g/mol. The Labute approximate surface area is 147 Å². The number of amides is 4. The number of nitrogens with one attached hydrogen (secondary N) is 2. The highest BCUT2D eigenvalue weighted by molar-refractivity contribution is 6.09. The molecule has 1 aliphatic heterocycles. The zero-order chi connectivity index (χ0) is 17.9. The molecular weight excluding hydrogens is 320 g/mol. The van der Waals surface area contributed by atoms with E-state index < -0.39 is 11.6 Å². The Bertz CT molecular complexity index is 654. The Kier molecular flexibility index (Phi) is 5.01. The second-order valence-corrected chi connectivity index (χ2v) is 7.01. The maximum Gasteiger partial charge on any atom is 0.325 e. The van der Waals surface area contributed by atoms with Gasteiger partial charge in [-0.15, -0.1) is 0 Å². The number of urea groups is 1. The van der Waals surface area contributed by atoms with Crippen LogP contribution in [0.25, 0.3) is 0 Å². The van der Waals surface area contributed by atoms with Crippen molar-refractivity contribution < 1.29 is 14.4 Å². The first kappa shape index (κ1) is 17.4. The van der Waals surface area contributed by atoms with E-state index in [0.717, 1.165) is 23.4 Å². The van der Waals surface area contributed by atoms with Crippen LogP contribution in [-0.4, -0.2) is 46.4 Å². The van der Waals surface area contributed by atoms with E-state index in [0.29, 0.717) is 31.7 Å². The van der Waals surface area contributed by atoms with Crippen molar-refractivity contribution in [2.24, 2.45) is 5.92 Å². The summed E-state index contributed by atoms with van der Waals surface area (Å²) in [6, 6.07) is 5.15. The van der Waals surface area contributed by atoms with Crippen molar-refractivity contribution >= 4 is 17.8 Å². The highest BCUT2D eigenvalue weighted by atomic mass is 16.2. The van der Waals surface area contributed by atoms with Crippen molar-refractivity contribution in [3.05, 3.63) is 30.1 Å². The molecule has 7 nitrogen and oxygen atoms in total. The number of carbonyl (C=O) groups excluding carboxylic acids is 3. The number of carbonyl (C=O) groups is 3. The van der Waals surface area contributed by atoms with Gasteiger partial charge < -0.3 is 10.6 Å². The van der Waals surface area contributed by atoms with Crippen LogP contribution in [0.5, 0.6) is 0 Å². The SMILES string of the molecule is CC1CCC2(CC1)NC(=O)N(CC(=O)NCCc1ccccn1)C2=O. The lowest BCUT2D eigenvalue weighted by atomic mass is 9.77. The Morgan fingerprint density at radius 2 is 2.12 bits per heavy atom. The lowest BCUT2D eigenvalue weighted by Crippen LogP contribution is -2.50. The molecule has 0 aromatic carbocycles. The van der Waals surface area contributed by atoms with Gasteiger partial charge in [0.1, 0.15) is 12.1 Å². The molecule has 3 rings (SSSR count). The van der Waals surface area contributed by atoms with E-state index in [1.165, 1.54) is 0 Å². The molecular formula is C18H24N4O3.